The molecular formula is C19H21N3O6. The van der Waals surface area contributed by atoms with Gasteiger partial charge in [0, 0.05) is 17.3 Å². The number of hydrogen-bond donors (Lipinski definition) is 2. The second kappa shape index (κ2) is 9.81. The average molecular weight is 387 g/mol. The van der Waals surface area contributed by atoms with Gasteiger partial charge in [-0.05, 0) is 24.3 Å². The lowest BCUT2D eigenvalue weighted by molar-refractivity contribution is -0.136. The minimum atomic E-state index is -0.932. The van der Waals surface area contributed by atoms with Crippen molar-refractivity contribution in [3.63, 3.8) is 0 Å². The predicted octanol–water partition coefficient (Wildman–Crippen LogP) is 1.81. The van der Waals surface area contributed by atoms with E-state index < -0.39 is 11.8 Å². The minimum Gasteiger partial charge on any atom is -0.497 e. The van der Waals surface area contributed by atoms with Crippen molar-refractivity contribution < 1.29 is 28.5 Å². The van der Waals surface area contributed by atoms with E-state index in [9.17, 15) is 9.59 Å². The summed E-state index contributed by atoms with van der Waals surface area (Å²) in [6.45, 7) is 0. The Labute approximate surface area is 162 Å². The number of nitrogens with zero attached hydrogens (tertiary/aromatic N) is 1. The maximum atomic E-state index is 12.0. The van der Waals surface area contributed by atoms with Crippen LogP contribution in [0.5, 0.6) is 23.0 Å². The van der Waals surface area contributed by atoms with Crippen LogP contribution in [0.3, 0.4) is 0 Å². The second-order valence-electron chi connectivity index (χ2n) is 5.31. The fourth-order valence-corrected chi connectivity index (χ4v) is 2.33. The molecule has 0 aromatic heterocycles. The molecule has 28 heavy (non-hydrogen) atoms. The fourth-order valence-electron chi connectivity index (χ4n) is 2.33. The van der Waals surface area contributed by atoms with Crippen molar-refractivity contribution >= 4 is 23.7 Å². The van der Waals surface area contributed by atoms with Gasteiger partial charge in [-0.2, -0.15) is 5.10 Å². The van der Waals surface area contributed by atoms with E-state index >= 15 is 0 Å². The van der Waals surface area contributed by atoms with E-state index in [4.69, 9.17) is 18.9 Å². The Bertz CT molecular complexity index is 882. The molecule has 148 valence electrons. The molecule has 0 unspecified atom stereocenters. The van der Waals surface area contributed by atoms with Gasteiger partial charge in [-0.25, -0.2) is 5.43 Å². The first-order chi connectivity index (χ1) is 13.5. The van der Waals surface area contributed by atoms with E-state index in [1.54, 1.807) is 36.4 Å². The molecule has 0 heterocycles. The van der Waals surface area contributed by atoms with Crippen molar-refractivity contribution in [2.45, 2.75) is 0 Å². The average Bonchev–Trinajstić information content (AvgIpc) is 2.72. The summed E-state index contributed by atoms with van der Waals surface area (Å²) in [5, 5.41) is 6.25. The number of hydrogen-bond acceptors (Lipinski definition) is 7. The number of amides is 2. The summed E-state index contributed by atoms with van der Waals surface area (Å²) in [6.07, 6.45) is 1.33. The molecule has 2 rings (SSSR count). The molecule has 0 aliphatic rings. The molecule has 0 bridgehead atoms. The maximum Gasteiger partial charge on any atom is 0.329 e. The molecule has 9 nitrogen and oxygen atoms in total. The summed E-state index contributed by atoms with van der Waals surface area (Å²) in [4.78, 5) is 23.9. The highest BCUT2D eigenvalue weighted by atomic mass is 16.5. The monoisotopic (exact) mass is 387 g/mol. The van der Waals surface area contributed by atoms with Crippen molar-refractivity contribution in [2.75, 3.05) is 33.8 Å². The van der Waals surface area contributed by atoms with E-state index in [0.717, 1.165) is 0 Å². The van der Waals surface area contributed by atoms with Crippen LogP contribution in [0.25, 0.3) is 0 Å². The van der Waals surface area contributed by atoms with E-state index in [0.29, 0.717) is 34.2 Å². The largest absolute Gasteiger partial charge is 0.497 e. The van der Waals surface area contributed by atoms with Crippen molar-refractivity contribution in [1.29, 1.82) is 0 Å². The summed E-state index contributed by atoms with van der Waals surface area (Å²) in [7, 11) is 5.96. The van der Waals surface area contributed by atoms with Crippen molar-refractivity contribution in [2.24, 2.45) is 5.10 Å². The zero-order chi connectivity index (χ0) is 20.5. The number of anilines is 1. The molecule has 2 aromatic carbocycles. The van der Waals surface area contributed by atoms with E-state index in [1.807, 2.05) is 0 Å². The highest BCUT2D eigenvalue weighted by molar-refractivity contribution is 6.39. The molecule has 2 N–H and O–H groups in total. The number of hydrazone groups is 1. The summed E-state index contributed by atoms with van der Waals surface area (Å²) >= 11 is 0. The van der Waals surface area contributed by atoms with Crippen LogP contribution in [0.15, 0.2) is 41.5 Å². The molecule has 0 spiro atoms. The normalized spacial score (nSPS) is 10.3. The number of carbonyl (C=O) groups is 2. The molecule has 9 heteroatoms. The molecule has 0 radical (unpaired) electrons. The zero-order valence-corrected chi connectivity index (χ0v) is 15.9. The number of methoxy groups -OCH3 is 4. The lowest BCUT2D eigenvalue weighted by atomic mass is 10.2. The molecule has 2 amide bonds. The van der Waals surface area contributed by atoms with Gasteiger partial charge in [0.05, 0.1) is 34.7 Å². The van der Waals surface area contributed by atoms with Gasteiger partial charge in [-0.3, -0.25) is 9.59 Å². The van der Waals surface area contributed by atoms with Gasteiger partial charge in [0.15, 0.2) is 11.5 Å². The van der Waals surface area contributed by atoms with Crippen molar-refractivity contribution in [3.8, 4) is 23.0 Å². The Morgan fingerprint density at radius 3 is 2.29 bits per heavy atom. The van der Waals surface area contributed by atoms with Crippen LogP contribution in [-0.2, 0) is 9.59 Å². The van der Waals surface area contributed by atoms with E-state index in [-0.39, 0.29) is 0 Å². The Morgan fingerprint density at radius 2 is 1.64 bits per heavy atom. The van der Waals surface area contributed by atoms with Gasteiger partial charge in [-0.1, -0.05) is 6.07 Å². The van der Waals surface area contributed by atoms with Crippen LogP contribution < -0.4 is 29.7 Å². The molecular weight excluding hydrogens is 366 g/mol. The summed E-state index contributed by atoms with van der Waals surface area (Å²) in [5.74, 6) is -0.00472. The van der Waals surface area contributed by atoms with Gasteiger partial charge < -0.3 is 24.3 Å². The zero-order valence-electron chi connectivity index (χ0n) is 15.9. The number of nitrogens with one attached hydrogen (secondary N) is 2. The van der Waals surface area contributed by atoms with Crippen LogP contribution in [0.1, 0.15) is 5.56 Å². The van der Waals surface area contributed by atoms with Crippen LogP contribution in [0.2, 0.25) is 0 Å². The van der Waals surface area contributed by atoms with Gasteiger partial charge in [0.2, 0.25) is 5.75 Å². The van der Waals surface area contributed by atoms with Crippen molar-refractivity contribution in [3.05, 3.63) is 42.0 Å². The lowest BCUT2D eigenvalue weighted by Gasteiger charge is -2.13. The standard InChI is InChI=1S/C19H21N3O6/c1-25-14-7-5-6-13(10-14)21-18(23)19(24)22-20-11-12-8-9-15(26-2)17(28-4)16(12)27-3/h5-11H,1-4H3,(H,21,23)(H,22,24)/b20-11-. The maximum absolute atomic E-state index is 12.0. The summed E-state index contributed by atoms with van der Waals surface area (Å²) < 4.78 is 20.9. The first kappa shape index (κ1) is 20.6. The SMILES string of the molecule is COc1cccc(NC(=O)C(=O)N/N=C\c2ccc(OC)c(OC)c2OC)c1. The first-order valence-corrected chi connectivity index (χ1v) is 8.11. The third-order valence-corrected chi connectivity index (χ3v) is 3.64. The molecule has 0 saturated carbocycles. The topological polar surface area (TPSA) is 107 Å². The van der Waals surface area contributed by atoms with Gasteiger partial charge >= 0.3 is 11.8 Å². The van der Waals surface area contributed by atoms with Crippen LogP contribution >= 0.6 is 0 Å². The second-order valence-corrected chi connectivity index (χ2v) is 5.31. The third-order valence-electron chi connectivity index (χ3n) is 3.64. The summed E-state index contributed by atoms with van der Waals surface area (Å²) in [6, 6.07) is 9.96. The lowest BCUT2D eigenvalue weighted by Crippen LogP contribution is -2.32. The quantitative estimate of drug-likeness (QED) is 0.426. The Balaban J connectivity index is 2.05. The number of benzene rings is 2. The van der Waals surface area contributed by atoms with Crippen LogP contribution in [0, 0.1) is 0 Å². The molecule has 0 fully saturated rings. The Morgan fingerprint density at radius 1 is 0.893 bits per heavy atom. The van der Waals surface area contributed by atoms with Crippen LogP contribution in [-0.4, -0.2) is 46.5 Å². The highest BCUT2D eigenvalue weighted by Gasteiger charge is 2.16. The molecule has 0 aliphatic carbocycles. The number of ether oxygens (including phenoxy) is 4. The van der Waals surface area contributed by atoms with Gasteiger partial charge in [0.1, 0.15) is 5.75 Å². The van der Waals surface area contributed by atoms with Crippen molar-refractivity contribution in [1.82, 2.24) is 5.43 Å². The molecule has 0 aliphatic heterocycles. The smallest absolute Gasteiger partial charge is 0.329 e. The summed E-state index contributed by atoms with van der Waals surface area (Å²) in [5.41, 5.74) is 3.10. The third kappa shape index (κ3) is 4.91. The predicted molar refractivity (Wildman–Crippen MR) is 103 cm³/mol. The number of rotatable bonds is 7. The van der Waals surface area contributed by atoms with Gasteiger partial charge in [-0.15, -0.1) is 0 Å². The molecule has 0 atom stereocenters. The van der Waals surface area contributed by atoms with Gasteiger partial charge in [0.25, 0.3) is 0 Å². The number of carbonyl (C=O) groups excluding carboxylic acids is 2. The Hall–Kier alpha value is -3.75. The fraction of sp³-hybridized carbons (Fsp3) is 0.211. The first-order valence-electron chi connectivity index (χ1n) is 8.11. The minimum absolute atomic E-state index is 0.376. The molecule has 0 saturated heterocycles. The van der Waals surface area contributed by atoms with Crippen LogP contribution in [0.4, 0.5) is 5.69 Å². The molecule has 2 aromatic rings. The Kier molecular flexibility index (Phi) is 7.21. The van der Waals surface area contributed by atoms with E-state index in [1.165, 1.54) is 34.7 Å². The highest BCUT2D eigenvalue weighted by Crippen LogP contribution is 2.38. The van der Waals surface area contributed by atoms with E-state index in [2.05, 4.69) is 15.8 Å².